The first-order chi connectivity index (χ1) is 8.70. The zero-order valence-electron chi connectivity index (χ0n) is 12.0. The van der Waals surface area contributed by atoms with Crippen molar-refractivity contribution in [1.82, 2.24) is 5.32 Å². The third kappa shape index (κ3) is 5.65. The normalized spacial score (nSPS) is 14.4. The Bertz CT molecular complexity index is 312. The van der Waals surface area contributed by atoms with Crippen LogP contribution in [0.4, 0.5) is 0 Å². The van der Waals surface area contributed by atoms with Crippen LogP contribution in [0.25, 0.3) is 0 Å². The molecule has 0 aliphatic rings. The van der Waals surface area contributed by atoms with Crippen LogP contribution in [-0.2, 0) is 11.3 Å². The predicted molar refractivity (Wildman–Crippen MR) is 77.7 cm³/mol. The van der Waals surface area contributed by atoms with Gasteiger partial charge in [0.05, 0.1) is 13.2 Å². The molecule has 2 nitrogen and oxygen atoms in total. The van der Waals surface area contributed by atoms with Crippen molar-refractivity contribution in [2.45, 2.75) is 40.2 Å². The van der Waals surface area contributed by atoms with E-state index in [1.54, 1.807) is 0 Å². The van der Waals surface area contributed by atoms with Crippen LogP contribution in [0.15, 0.2) is 30.3 Å². The third-order valence-electron chi connectivity index (χ3n) is 3.22. The molecule has 102 valence electrons. The van der Waals surface area contributed by atoms with Gasteiger partial charge in [-0.15, -0.1) is 0 Å². The van der Waals surface area contributed by atoms with E-state index in [9.17, 15) is 0 Å². The van der Waals surface area contributed by atoms with Crippen molar-refractivity contribution in [3.63, 3.8) is 0 Å². The Balaban J connectivity index is 2.37. The minimum atomic E-state index is 0.250. The zero-order valence-corrected chi connectivity index (χ0v) is 12.0. The number of benzene rings is 1. The summed E-state index contributed by atoms with van der Waals surface area (Å²) in [5.41, 5.74) is 1.50. The van der Waals surface area contributed by atoms with Crippen LogP contribution in [0, 0.1) is 5.41 Å². The average Bonchev–Trinajstić information content (AvgIpc) is 2.38. The van der Waals surface area contributed by atoms with Gasteiger partial charge in [0.2, 0.25) is 0 Å². The number of hydrogen-bond donors (Lipinski definition) is 1. The van der Waals surface area contributed by atoms with Gasteiger partial charge in [0.15, 0.2) is 0 Å². The van der Waals surface area contributed by atoms with Crippen molar-refractivity contribution in [2.24, 2.45) is 5.41 Å². The van der Waals surface area contributed by atoms with Crippen molar-refractivity contribution < 1.29 is 4.74 Å². The maximum atomic E-state index is 5.89. The molecule has 0 spiro atoms. The molecule has 2 heteroatoms. The van der Waals surface area contributed by atoms with Gasteiger partial charge in [-0.1, -0.05) is 57.5 Å². The maximum Gasteiger partial charge on any atom is 0.0717 e. The summed E-state index contributed by atoms with van der Waals surface area (Å²) in [6, 6.07) is 10.4. The fourth-order valence-electron chi connectivity index (χ4n) is 2.23. The standard InChI is InChI=1S/C16H27NO/c1-4-11-16(3,13-17-5-2)14-18-12-15-9-7-6-8-10-15/h6-10,17H,4-5,11-14H2,1-3H3. The molecule has 1 atom stereocenters. The summed E-state index contributed by atoms with van der Waals surface area (Å²) in [5, 5.41) is 3.44. The summed E-state index contributed by atoms with van der Waals surface area (Å²) in [6.45, 7) is 10.3. The van der Waals surface area contributed by atoms with Crippen molar-refractivity contribution >= 4 is 0 Å². The van der Waals surface area contributed by atoms with Gasteiger partial charge in [0.25, 0.3) is 0 Å². The van der Waals surface area contributed by atoms with E-state index in [0.29, 0.717) is 6.61 Å². The molecule has 0 amide bonds. The van der Waals surface area contributed by atoms with E-state index in [1.807, 2.05) is 6.07 Å². The highest BCUT2D eigenvalue weighted by Gasteiger charge is 2.22. The van der Waals surface area contributed by atoms with E-state index < -0.39 is 0 Å². The lowest BCUT2D eigenvalue weighted by atomic mass is 9.86. The minimum Gasteiger partial charge on any atom is -0.376 e. The second-order valence-corrected chi connectivity index (χ2v) is 5.32. The summed E-state index contributed by atoms with van der Waals surface area (Å²) in [4.78, 5) is 0. The lowest BCUT2D eigenvalue weighted by Gasteiger charge is -2.29. The van der Waals surface area contributed by atoms with E-state index >= 15 is 0 Å². The summed E-state index contributed by atoms with van der Waals surface area (Å²) in [5.74, 6) is 0. The highest BCUT2D eigenvalue weighted by atomic mass is 16.5. The highest BCUT2D eigenvalue weighted by Crippen LogP contribution is 2.23. The van der Waals surface area contributed by atoms with Crippen LogP contribution in [0.5, 0.6) is 0 Å². The van der Waals surface area contributed by atoms with E-state index in [0.717, 1.165) is 19.7 Å². The van der Waals surface area contributed by atoms with Crippen molar-refractivity contribution in [2.75, 3.05) is 19.7 Å². The second kappa shape index (κ2) is 8.28. The van der Waals surface area contributed by atoms with E-state index in [2.05, 4.69) is 50.4 Å². The first kappa shape index (κ1) is 15.2. The molecule has 0 saturated heterocycles. The molecule has 0 aliphatic carbocycles. The molecular weight excluding hydrogens is 222 g/mol. The fraction of sp³-hybridized carbons (Fsp3) is 0.625. The summed E-state index contributed by atoms with van der Waals surface area (Å²) >= 11 is 0. The number of ether oxygens (including phenoxy) is 1. The van der Waals surface area contributed by atoms with Crippen LogP contribution < -0.4 is 5.32 Å². The van der Waals surface area contributed by atoms with Gasteiger partial charge < -0.3 is 10.1 Å². The molecule has 0 radical (unpaired) electrons. The molecule has 1 unspecified atom stereocenters. The molecule has 0 aromatic heterocycles. The van der Waals surface area contributed by atoms with Crippen molar-refractivity contribution in [3.8, 4) is 0 Å². The molecule has 0 fully saturated rings. The minimum absolute atomic E-state index is 0.250. The first-order valence-corrected chi connectivity index (χ1v) is 7.02. The van der Waals surface area contributed by atoms with Gasteiger partial charge in [0.1, 0.15) is 0 Å². The monoisotopic (exact) mass is 249 g/mol. The number of rotatable bonds is 9. The lowest BCUT2D eigenvalue weighted by Crippen LogP contribution is -2.35. The molecule has 0 bridgehead atoms. The molecule has 1 aromatic rings. The van der Waals surface area contributed by atoms with Gasteiger partial charge >= 0.3 is 0 Å². The maximum absolute atomic E-state index is 5.89. The molecule has 1 N–H and O–H groups in total. The summed E-state index contributed by atoms with van der Waals surface area (Å²) in [6.07, 6.45) is 2.41. The Morgan fingerprint density at radius 3 is 2.50 bits per heavy atom. The summed E-state index contributed by atoms with van der Waals surface area (Å²) in [7, 11) is 0. The molecular formula is C16H27NO. The predicted octanol–water partition coefficient (Wildman–Crippen LogP) is 3.62. The van der Waals surface area contributed by atoms with Gasteiger partial charge in [-0.05, 0) is 18.5 Å². The highest BCUT2D eigenvalue weighted by molar-refractivity contribution is 5.13. The summed E-state index contributed by atoms with van der Waals surface area (Å²) < 4.78 is 5.89. The first-order valence-electron chi connectivity index (χ1n) is 7.02. The molecule has 0 heterocycles. The SMILES string of the molecule is CCCC(C)(CNCC)COCc1ccccc1. The Morgan fingerprint density at radius 2 is 1.89 bits per heavy atom. The van der Waals surface area contributed by atoms with Gasteiger partial charge in [-0.2, -0.15) is 0 Å². The smallest absolute Gasteiger partial charge is 0.0717 e. The second-order valence-electron chi connectivity index (χ2n) is 5.32. The van der Waals surface area contributed by atoms with E-state index in [1.165, 1.54) is 18.4 Å². The largest absolute Gasteiger partial charge is 0.376 e. The van der Waals surface area contributed by atoms with Gasteiger partial charge in [0, 0.05) is 12.0 Å². The molecule has 18 heavy (non-hydrogen) atoms. The lowest BCUT2D eigenvalue weighted by molar-refractivity contribution is 0.0375. The number of hydrogen-bond acceptors (Lipinski definition) is 2. The number of nitrogens with one attached hydrogen (secondary N) is 1. The Hall–Kier alpha value is -0.860. The average molecular weight is 249 g/mol. The molecule has 1 rings (SSSR count). The van der Waals surface area contributed by atoms with Gasteiger partial charge in [-0.3, -0.25) is 0 Å². The van der Waals surface area contributed by atoms with E-state index in [4.69, 9.17) is 4.74 Å². The Labute approximate surface area is 112 Å². The van der Waals surface area contributed by atoms with Crippen LogP contribution in [-0.4, -0.2) is 19.7 Å². The Kier molecular flexibility index (Phi) is 6.99. The van der Waals surface area contributed by atoms with Crippen LogP contribution in [0.1, 0.15) is 39.2 Å². The fourth-order valence-corrected chi connectivity index (χ4v) is 2.23. The third-order valence-corrected chi connectivity index (χ3v) is 3.22. The van der Waals surface area contributed by atoms with Crippen LogP contribution in [0.2, 0.25) is 0 Å². The topological polar surface area (TPSA) is 21.3 Å². The molecule has 1 aromatic carbocycles. The van der Waals surface area contributed by atoms with Crippen LogP contribution in [0.3, 0.4) is 0 Å². The quantitative estimate of drug-likeness (QED) is 0.721. The van der Waals surface area contributed by atoms with E-state index in [-0.39, 0.29) is 5.41 Å². The zero-order chi connectivity index (χ0) is 13.3. The molecule has 0 saturated carbocycles. The van der Waals surface area contributed by atoms with Crippen LogP contribution >= 0.6 is 0 Å². The van der Waals surface area contributed by atoms with Crippen molar-refractivity contribution in [1.29, 1.82) is 0 Å². The van der Waals surface area contributed by atoms with Gasteiger partial charge in [-0.25, -0.2) is 0 Å². The van der Waals surface area contributed by atoms with Crippen molar-refractivity contribution in [3.05, 3.63) is 35.9 Å². The molecule has 0 aliphatic heterocycles. The Morgan fingerprint density at radius 1 is 1.17 bits per heavy atom.